The number of aryl methyl sites for hydroxylation is 1. The van der Waals surface area contributed by atoms with E-state index in [0.29, 0.717) is 5.69 Å². The topological polar surface area (TPSA) is 22.0 Å². The second-order valence-electron chi connectivity index (χ2n) is 3.69. The molecule has 0 aliphatic carbocycles. The van der Waals surface area contributed by atoms with Crippen LogP contribution in [-0.2, 0) is 7.05 Å². The van der Waals surface area contributed by atoms with Crippen LogP contribution in [0, 0.1) is 6.92 Å². The molecule has 1 aromatic carbocycles. The number of rotatable bonds is 2. The average Bonchev–Trinajstić information content (AvgIpc) is 2.61. The molecule has 2 heteroatoms. The maximum atomic E-state index is 10.7. The van der Waals surface area contributed by atoms with E-state index in [9.17, 15) is 4.79 Å². The molecule has 1 heterocycles. The molecule has 0 atom stereocenters. The molecule has 0 spiro atoms. The van der Waals surface area contributed by atoms with Crippen LogP contribution in [0.25, 0.3) is 11.3 Å². The first-order chi connectivity index (χ1) is 7.22. The van der Waals surface area contributed by atoms with Crippen LogP contribution in [0.4, 0.5) is 0 Å². The average molecular weight is 199 g/mol. The van der Waals surface area contributed by atoms with Crippen LogP contribution in [-0.4, -0.2) is 10.9 Å². The van der Waals surface area contributed by atoms with E-state index in [1.165, 1.54) is 5.56 Å². The van der Waals surface area contributed by atoms with Crippen molar-refractivity contribution in [3.63, 3.8) is 0 Å². The predicted molar refractivity (Wildman–Crippen MR) is 61.0 cm³/mol. The van der Waals surface area contributed by atoms with Crippen LogP contribution in [0.15, 0.2) is 36.4 Å². The molecule has 0 unspecified atom stereocenters. The largest absolute Gasteiger partial charge is 0.341 e. The highest BCUT2D eigenvalue weighted by Gasteiger charge is 2.05. The first-order valence-electron chi connectivity index (χ1n) is 4.90. The van der Waals surface area contributed by atoms with E-state index in [4.69, 9.17) is 0 Å². The molecule has 0 N–H and O–H groups in total. The number of aromatic nitrogens is 1. The van der Waals surface area contributed by atoms with Crippen molar-refractivity contribution in [1.29, 1.82) is 0 Å². The van der Waals surface area contributed by atoms with Gasteiger partial charge in [0.2, 0.25) is 0 Å². The minimum atomic E-state index is 0.700. The minimum Gasteiger partial charge on any atom is -0.341 e. The van der Waals surface area contributed by atoms with Gasteiger partial charge in [-0.2, -0.15) is 0 Å². The fraction of sp³-hybridized carbons (Fsp3) is 0.154. The Morgan fingerprint density at radius 3 is 2.27 bits per heavy atom. The molecular formula is C13H13NO. The lowest BCUT2D eigenvalue weighted by Gasteiger charge is -2.04. The number of carbonyl (C=O) groups is 1. The van der Waals surface area contributed by atoms with E-state index >= 15 is 0 Å². The fourth-order valence-corrected chi connectivity index (χ4v) is 1.66. The molecule has 0 saturated carbocycles. The second kappa shape index (κ2) is 3.73. The molecular weight excluding hydrogens is 186 g/mol. The molecule has 0 aliphatic rings. The van der Waals surface area contributed by atoms with Gasteiger partial charge in [-0.3, -0.25) is 4.79 Å². The molecule has 15 heavy (non-hydrogen) atoms. The van der Waals surface area contributed by atoms with Crippen molar-refractivity contribution in [2.75, 3.05) is 0 Å². The standard InChI is InChI=1S/C13H13NO/c1-10-3-5-11(6-4-10)13-8-7-12(9-15)14(13)2/h3-9H,1-2H3. The molecule has 1 aromatic heterocycles. The number of hydrogen-bond donors (Lipinski definition) is 0. The molecule has 0 saturated heterocycles. The normalized spacial score (nSPS) is 10.3. The van der Waals surface area contributed by atoms with Gasteiger partial charge in [0.25, 0.3) is 0 Å². The zero-order valence-electron chi connectivity index (χ0n) is 8.90. The number of benzene rings is 1. The van der Waals surface area contributed by atoms with Crippen molar-refractivity contribution in [2.45, 2.75) is 6.92 Å². The van der Waals surface area contributed by atoms with Crippen LogP contribution in [0.1, 0.15) is 16.1 Å². The molecule has 0 amide bonds. The summed E-state index contributed by atoms with van der Waals surface area (Å²) in [6.45, 7) is 2.06. The maximum absolute atomic E-state index is 10.7. The smallest absolute Gasteiger partial charge is 0.166 e. The summed E-state index contributed by atoms with van der Waals surface area (Å²) < 4.78 is 1.90. The number of aldehydes is 1. The zero-order valence-corrected chi connectivity index (χ0v) is 8.90. The van der Waals surface area contributed by atoms with Crippen molar-refractivity contribution < 1.29 is 4.79 Å². The molecule has 0 aliphatic heterocycles. The van der Waals surface area contributed by atoms with Crippen LogP contribution >= 0.6 is 0 Å². The number of nitrogens with zero attached hydrogens (tertiary/aromatic N) is 1. The Balaban J connectivity index is 2.49. The molecule has 0 fully saturated rings. The van der Waals surface area contributed by atoms with Gasteiger partial charge in [0, 0.05) is 12.7 Å². The second-order valence-corrected chi connectivity index (χ2v) is 3.69. The lowest BCUT2D eigenvalue weighted by Crippen LogP contribution is -1.96. The highest BCUT2D eigenvalue weighted by Crippen LogP contribution is 2.21. The summed E-state index contributed by atoms with van der Waals surface area (Å²) in [7, 11) is 1.90. The SMILES string of the molecule is Cc1ccc(-c2ccc(C=O)n2C)cc1. The summed E-state index contributed by atoms with van der Waals surface area (Å²) in [4.78, 5) is 10.7. The van der Waals surface area contributed by atoms with Gasteiger partial charge in [0.05, 0.1) is 5.69 Å². The molecule has 76 valence electrons. The van der Waals surface area contributed by atoms with Crippen molar-refractivity contribution in [1.82, 2.24) is 4.57 Å². The van der Waals surface area contributed by atoms with E-state index in [2.05, 4.69) is 31.2 Å². The van der Waals surface area contributed by atoms with E-state index in [0.717, 1.165) is 17.5 Å². The van der Waals surface area contributed by atoms with Crippen LogP contribution in [0.2, 0.25) is 0 Å². The van der Waals surface area contributed by atoms with Crippen molar-refractivity contribution in [2.24, 2.45) is 7.05 Å². The third-order valence-corrected chi connectivity index (χ3v) is 2.63. The van der Waals surface area contributed by atoms with Crippen LogP contribution < -0.4 is 0 Å². The van der Waals surface area contributed by atoms with E-state index in [-0.39, 0.29) is 0 Å². The van der Waals surface area contributed by atoms with Gasteiger partial charge in [-0.25, -0.2) is 0 Å². The van der Waals surface area contributed by atoms with Gasteiger partial charge in [0.1, 0.15) is 0 Å². The Labute approximate surface area is 89.2 Å². The van der Waals surface area contributed by atoms with E-state index in [1.54, 1.807) is 0 Å². The Hall–Kier alpha value is -1.83. The first kappa shape index (κ1) is 9.71. The third-order valence-electron chi connectivity index (χ3n) is 2.63. The Bertz CT molecular complexity index is 480. The van der Waals surface area contributed by atoms with Gasteiger partial charge in [-0.15, -0.1) is 0 Å². The number of carbonyl (C=O) groups excluding carboxylic acids is 1. The summed E-state index contributed by atoms with van der Waals surface area (Å²) in [5, 5.41) is 0. The van der Waals surface area contributed by atoms with Crippen molar-refractivity contribution in [3.05, 3.63) is 47.7 Å². The zero-order chi connectivity index (χ0) is 10.8. The van der Waals surface area contributed by atoms with Gasteiger partial charge in [0.15, 0.2) is 6.29 Å². The summed E-state index contributed by atoms with van der Waals surface area (Å²) in [6.07, 6.45) is 0.873. The summed E-state index contributed by atoms with van der Waals surface area (Å²) in [5.74, 6) is 0. The van der Waals surface area contributed by atoms with Crippen molar-refractivity contribution in [3.8, 4) is 11.3 Å². The molecule has 2 aromatic rings. The Kier molecular flexibility index (Phi) is 2.42. The molecule has 2 nitrogen and oxygen atoms in total. The van der Waals surface area contributed by atoms with Gasteiger partial charge in [-0.1, -0.05) is 29.8 Å². The number of hydrogen-bond acceptors (Lipinski definition) is 1. The quantitative estimate of drug-likeness (QED) is 0.682. The lowest BCUT2D eigenvalue weighted by molar-refractivity contribution is 0.111. The Morgan fingerprint density at radius 2 is 1.73 bits per heavy atom. The molecule has 0 bridgehead atoms. The predicted octanol–water partition coefficient (Wildman–Crippen LogP) is 2.81. The van der Waals surface area contributed by atoms with E-state index in [1.807, 2.05) is 23.7 Å². The van der Waals surface area contributed by atoms with Crippen LogP contribution in [0.5, 0.6) is 0 Å². The minimum absolute atomic E-state index is 0.700. The van der Waals surface area contributed by atoms with Gasteiger partial charge in [-0.05, 0) is 24.6 Å². The van der Waals surface area contributed by atoms with E-state index < -0.39 is 0 Å². The third kappa shape index (κ3) is 1.71. The van der Waals surface area contributed by atoms with Crippen molar-refractivity contribution >= 4 is 6.29 Å². The summed E-state index contributed by atoms with van der Waals surface area (Å²) in [6, 6.07) is 12.1. The first-order valence-corrected chi connectivity index (χ1v) is 4.90. The monoisotopic (exact) mass is 199 g/mol. The molecule has 2 rings (SSSR count). The summed E-state index contributed by atoms with van der Waals surface area (Å²) in [5.41, 5.74) is 4.14. The Morgan fingerprint density at radius 1 is 1.07 bits per heavy atom. The van der Waals surface area contributed by atoms with Gasteiger partial charge >= 0.3 is 0 Å². The molecule has 0 radical (unpaired) electrons. The van der Waals surface area contributed by atoms with Gasteiger partial charge < -0.3 is 4.57 Å². The fourth-order valence-electron chi connectivity index (χ4n) is 1.66. The highest BCUT2D eigenvalue weighted by atomic mass is 16.1. The van der Waals surface area contributed by atoms with Crippen LogP contribution in [0.3, 0.4) is 0 Å². The lowest BCUT2D eigenvalue weighted by atomic mass is 10.1. The maximum Gasteiger partial charge on any atom is 0.166 e. The summed E-state index contributed by atoms with van der Waals surface area (Å²) >= 11 is 0. The highest BCUT2D eigenvalue weighted by molar-refractivity contribution is 5.76.